The molecule has 4 atom stereocenters. The molecule has 0 nitrogen and oxygen atoms in total. The van der Waals surface area contributed by atoms with Crippen LogP contribution in [0, 0.1) is 23.2 Å². The molecule has 0 aromatic carbocycles. The van der Waals surface area contributed by atoms with E-state index in [1.165, 1.54) is 32.1 Å². The summed E-state index contributed by atoms with van der Waals surface area (Å²) in [5, 5.41) is 0. The summed E-state index contributed by atoms with van der Waals surface area (Å²) in [5.41, 5.74) is 0.624. The molecule has 0 aromatic heterocycles. The fourth-order valence-electron chi connectivity index (χ4n) is 3.81. The van der Waals surface area contributed by atoms with Crippen molar-refractivity contribution in [1.29, 1.82) is 0 Å². The molecule has 0 spiro atoms. The summed E-state index contributed by atoms with van der Waals surface area (Å²) in [6, 6.07) is 0. The van der Waals surface area contributed by atoms with Crippen molar-refractivity contribution < 1.29 is 0 Å². The Balaban J connectivity index is 1.97. The van der Waals surface area contributed by atoms with E-state index in [9.17, 15) is 0 Å². The molecule has 1 saturated carbocycles. The van der Waals surface area contributed by atoms with Gasteiger partial charge in [0.2, 0.25) is 0 Å². The van der Waals surface area contributed by atoms with Crippen LogP contribution < -0.4 is 0 Å². The average Bonchev–Trinajstić information content (AvgIpc) is 2.57. The Hall–Kier alpha value is -0.520. The van der Waals surface area contributed by atoms with Crippen LogP contribution in [0.25, 0.3) is 0 Å². The van der Waals surface area contributed by atoms with Crippen LogP contribution in [-0.4, -0.2) is 0 Å². The van der Waals surface area contributed by atoms with Crippen molar-refractivity contribution in [2.45, 2.75) is 39.0 Å². The summed E-state index contributed by atoms with van der Waals surface area (Å²) in [7, 11) is 0. The molecule has 0 aromatic rings. The van der Waals surface area contributed by atoms with Gasteiger partial charge in [-0.1, -0.05) is 31.2 Å². The van der Waals surface area contributed by atoms with Crippen molar-refractivity contribution in [2.24, 2.45) is 23.2 Å². The highest BCUT2D eigenvalue weighted by Gasteiger charge is 2.42. The lowest BCUT2D eigenvalue weighted by atomic mass is 9.64. The van der Waals surface area contributed by atoms with Crippen molar-refractivity contribution in [3.63, 3.8) is 0 Å². The molecule has 0 heteroatoms. The third kappa shape index (κ3) is 1.20. The van der Waals surface area contributed by atoms with Gasteiger partial charge in [-0.15, -0.1) is 0 Å². The third-order valence-corrected chi connectivity index (χ3v) is 4.78. The monoisotopic (exact) mass is 188 g/mol. The van der Waals surface area contributed by atoms with Crippen molar-refractivity contribution in [2.75, 3.05) is 0 Å². The van der Waals surface area contributed by atoms with Gasteiger partial charge in [-0.3, -0.25) is 0 Å². The fourth-order valence-corrected chi connectivity index (χ4v) is 3.81. The Bertz CT molecular complexity index is 286. The quantitative estimate of drug-likeness (QED) is 0.505. The SMILES string of the molecule is CC12CCC=CC1C1C=CC(CC2)C1. The molecule has 14 heavy (non-hydrogen) atoms. The summed E-state index contributed by atoms with van der Waals surface area (Å²) >= 11 is 0. The summed E-state index contributed by atoms with van der Waals surface area (Å²) < 4.78 is 0. The van der Waals surface area contributed by atoms with Crippen molar-refractivity contribution in [3.8, 4) is 0 Å². The standard InChI is InChI=1S/C14H20/c1-14-8-3-2-4-13(14)12-6-5-11(10-12)7-9-14/h2,4-6,11-13H,3,7-10H2,1H3. The maximum Gasteiger partial charge on any atom is -0.0116 e. The predicted octanol–water partition coefficient (Wildman–Crippen LogP) is 3.95. The molecule has 76 valence electrons. The van der Waals surface area contributed by atoms with Crippen LogP contribution in [-0.2, 0) is 0 Å². The van der Waals surface area contributed by atoms with Gasteiger partial charge in [0.1, 0.15) is 0 Å². The summed E-state index contributed by atoms with van der Waals surface area (Å²) in [4.78, 5) is 0. The van der Waals surface area contributed by atoms with E-state index in [0.717, 1.165) is 17.8 Å². The van der Waals surface area contributed by atoms with Crippen LogP contribution in [0.2, 0.25) is 0 Å². The van der Waals surface area contributed by atoms with E-state index in [1.807, 2.05) is 0 Å². The smallest absolute Gasteiger partial charge is 0.0116 e. The highest BCUT2D eigenvalue weighted by Crippen LogP contribution is 2.52. The maximum absolute atomic E-state index is 2.52. The van der Waals surface area contributed by atoms with Gasteiger partial charge in [-0.2, -0.15) is 0 Å². The zero-order chi connectivity index (χ0) is 9.60. The van der Waals surface area contributed by atoms with E-state index in [0.29, 0.717) is 5.41 Å². The van der Waals surface area contributed by atoms with Crippen LogP contribution in [0.3, 0.4) is 0 Å². The van der Waals surface area contributed by atoms with Crippen LogP contribution in [0.4, 0.5) is 0 Å². The minimum atomic E-state index is 0.624. The van der Waals surface area contributed by atoms with Gasteiger partial charge in [0.25, 0.3) is 0 Å². The predicted molar refractivity (Wildman–Crippen MR) is 59.9 cm³/mol. The number of rotatable bonds is 0. The van der Waals surface area contributed by atoms with Crippen molar-refractivity contribution in [1.82, 2.24) is 0 Å². The van der Waals surface area contributed by atoms with Gasteiger partial charge in [0.05, 0.1) is 0 Å². The van der Waals surface area contributed by atoms with Gasteiger partial charge in [-0.05, 0) is 55.3 Å². The summed E-state index contributed by atoms with van der Waals surface area (Å²) in [6.45, 7) is 2.52. The minimum absolute atomic E-state index is 0.624. The number of fused-ring (bicyclic) bond motifs is 4. The molecule has 0 radical (unpaired) electrons. The maximum atomic E-state index is 2.52. The molecule has 3 aliphatic rings. The van der Waals surface area contributed by atoms with Gasteiger partial charge < -0.3 is 0 Å². The van der Waals surface area contributed by atoms with Crippen LogP contribution in [0.5, 0.6) is 0 Å². The molecule has 3 aliphatic carbocycles. The van der Waals surface area contributed by atoms with E-state index < -0.39 is 0 Å². The number of hydrogen-bond acceptors (Lipinski definition) is 0. The van der Waals surface area contributed by atoms with Gasteiger partial charge in [-0.25, -0.2) is 0 Å². The van der Waals surface area contributed by atoms with Crippen molar-refractivity contribution in [3.05, 3.63) is 24.3 Å². The Morgan fingerprint density at radius 1 is 1.14 bits per heavy atom. The van der Waals surface area contributed by atoms with Gasteiger partial charge in [0, 0.05) is 0 Å². The Labute approximate surface area is 87.1 Å². The number of hydrogen-bond donors (Lipinski definition) is 0. The fraction of sp³-hybridized carbons (Fsp3) is 0.714. The normalized spacial score (nSPS) is 50.2. The molecule has 0 heterocycles. The summed E-state index contributed by atoms with van der Waals surface area (Å²) in [6.07, 6.45) is 17.0. The lowest BCUT2D eigenvalue weighted by Gasteiger charge is -2.40. The van der Waals surface area contributed by atoms with Crippen LogP contribution >= 0.6 is 0 Å². The second kappa shape index (κ2) is 2.98. The van der Waals surface area contributed by atoms with Gasteiger partial charge >= 0.3 is 0 Å². The highest BCUT2D eigenvalue weighted by molar-refractivity contribution is 5.15. The zero-order valence-electron chi connectivity index (χ0n) is 9.08. The van der Waals surface area contributed by atoms with Crippen LogP contribution in [0.1, 0.15) is 39.0 Å². The Morgan fingerprint density at radius 2 is 2.07 bits per heavy atom. The first kappa shape index (κ1) is 8.76. The molecule has 3 rings (SSSR count). The van der Waals surface area contributed by atoms with Crippen LogP contribution in [0.15, 0.2) is 24.3 Å². The third-order valence-electron chi connectivity index (χ3n) is 4.78. The number of allylic oxidation sites excluding steroid dienone is 4. The van der Waals surface area contributed by atoms with E-state index in [2.05, 4.69) is 31.2 Å². The highest BCUT2D eigenvalue weighted by atomic mass is 14.5. The molecular weight excluding hydrogens is 168 g/mol. The zero-order valence-corrected chi connectivity index (χ0v) is 9.08. The molecule has 1 fully saturated rings. The minimum Gasteiger partial charge on any atom is -0.0882 e. The Morgan fingerprint density at radius 3 is 3.00 bits per heavy atom. The first-order valence-corrected chi connectivity index (χ1v) is 6.13. The lowest BCUT2D eigenvalue weighted by Crippen LogP contribution is -2.31. The molecule has 0 N–H and O–H groups in total. The molecule has 2 bridgehead atoms. The molecular formula is C14H20. The van der Waals surface area contributed by atoms with E-state index in [1.54, 1.807) is 0 Å². The van der Waals surface area contributed by atoms with E-state index >= 15 is 0 Å². The second-order valence-corrected chi connectivity index (χ2v) is 5.73. The second-order valence-electron chi connectivity index (χ2n) is 5.73. The first-order valence-electron chi connectivity index (χ1n) is 6.13. The summed E-state index contributed by atoms with van der Waals surface area (Å²) in [5.74, 6) is 2.62. The van der Waals surface area contributed by atoms with E-state index in [4.69, 9.17) is 0 Å². The molecule has 0 amide bonds. The first-order chi connectivity index (χ1) is 6.78. The largest absolute Gasteiger partial charge is 0.0882 e. The van der Waals surface area contributed by atoms with Crippen molar-refractivity contribution >= 4 is 0 Å². The molecule has 0 saturated heterocycles. The molecule has 0 aliphatic heterocycles. The molecule has 4 unspecified atom stereocenters. The average molecular weight is 188 g/mol. The van der Waals surface area contributed by atoms with E-state index in [-0.39, 0.29) is 0 Å². The Kier molecular flexibility index (Phi) is 1.87. The van der Waals surface area contributed by atoms with Gasteiger partial charge in [0.15, 0.2) is 0 Å². The lowest BCUT2D eigenvalue weighted by molar-refractivity contribution is 0.158. The topological polar surface area (TPSA) is 0 Å².